The van der Waals surface area contributed by atoms with Crippen LogP contribution in [0.25, 0.3) is 0 Å². The SMILES string of the molecule is CNCc1cnn(CC2CCCC2)c1. The molecule has 1 heterocycles. The Labute approximate surface area is 85.5 Å². The van der Waals surface area contributed by atoms with Gasteiger partial charge in [0.25, 0.3) is 0 Å². The van der Waals surface area contributed by atoms with Crippen LogP contribution in [0.3, 0.4) is 0 Å². The zero-order chi connectivity index (χ0) is 9.80. The van der Waals surface area contributed by atoms with Crippen molar-refractivity contribution in [2.45, 2.75) is 38.8 Å². The van der Waals surface area contributed by atoms with Gasteiger partial charge in [-0.15, -0.1) is 0 Å². The average Bonchev–Trinajstić information content (AvgIpc) is 2.79. The van der Waals surface area contributed by atoms with E-state index in [1.165, 1.54) is 31.2 Å². The van der Waals surface area contributed by atoms with E-state index in [0.717, 1.165) is 19.0 Å². The standard InChI is InChI=1S/C11H19N3/c1-12-6-11-7-13-14(9-11)8-10-4-2-3-5-10/h7,9-10,12H,2-6,8H2,1H3. The third-order valence-electron chi connectivity index (χ3n) is 2.99. The van der Waals surface area contributed by atoms with Gasteiger partial charge in [0, 0.05) is 24.8 Å². The van der Waals surface area contributed by atoms with Gasteiger partial charge in [-0.25, -0.2) is 0 Å². The largest absolute Gasteiger partial charge is 0.316 e. The van der Waals surface area contributed by atoms with Crippen LogP contribution in [-0.4, -0.2) is 16.8 Å². The first-order valence-electron chi connectivity index (χ1n) is 5.54. The Balaban J connectivity index is 1.88. The zero-order valence-electron chi connectivity index (χ0n) is 8.87. The molecule has 0 spiro atoms. The Bertz CT molecular complexity index is 274. The predicted octanol–water partition coefficient (Wildman–Crippen LogP) is 1.79. The van der Waals surface area contributed by atoms with Crippen molar-refractivity contribution in [2.75, 3.05) is 7.05 Å². The molecule has 1 N–H and O–H groups in total. The highest BCUT2D eigenvalue weighted by Crippen LogP contribution is 2.25. The van der Waals surface area contributed by atoms with Crippen LogP contribution in [0.2, 0.25) is 0 Å². The maximum atomic E-state index is 4.37. The Morgan fingerprint density at radius 2 is 2.29 bits per heavy atom. The van der Waals surface area contributed by atoms with Gasteiger partial charge in [0.05, 0.1) is 6.20 Å². The summed E-state index contributed by atoms with van der Waals surface area (Å²) >= 11 is 0. The molecule has 1 fully saturated rings. The van der Waals surface area contributed by atoms with Gasteiger partial charge in [-0.3, -0.25) is 4.68 Å². The minimum atomic E-state index is 0.873. The van der Waals surface area contributed by atoms with Crippen LogP contribution in [0.4, 0.5) is 0 Å². The second-order valence-electron chi connectivity index (χ2n) is 4.25. The Kier molecular flexibility index (Phi) is 3.19. The minimum Gasteiger partial charge on any atom is -0.316 e. The lowest BCUT2D eigenvalue weighted by Crippen LogP contribution is -2.08. The molecule has 0 atom stereocenters. The Hall–Kier alpha value is -0.830. The first-order chi connectivity index (χ1) is 6.88. The number of nitrogens with zero attached hydrogens (tertiary/aromatic N) is 2. The molecule has 0 amide bonds. The first-order valence-corrected chi connectivity index (χ1v) is 5.54. The van der Waals surface area contributed by atoms with Gasteiger partial charge in [0.15, 0.2) is 0 Å². The molecule has 1 saturated carbocycles. The van der Waals surface area contributed by atoms with Crippen molar-refractivity contribution >= 4 is 0 Å². The van der Waals surface area contributed by atoms with Crippen LogP contribution in [0.5, 0.6) is 0 Å². The van der Waals surface area contributed by atoms with Crippen molar-refractivity contribution in [1.82, 2.24) is 15.1 Å². The molecule has 3 heteroatoms. The Morgan fingerprint density at radius 1 is 1.50 bits per heavy atom. The smallest absolute Gasteiger partial charge is 0.0534 e. The number of rotatable bonds is 4. The van der Waals surface area contributed by atoms with Crippen LogP contribution in [0.1, 0.15) is 31.2 Å². The summed E-state index contributed by atoms with van der Waals surface area (Å²) in [5.41, 5.74) is 1.28. The number of hydrogen-bond acceptors (Lipinski definition) is 2. The molecular weight excluding hydrogens is 174 g/mol. The molecular formula is C11H19N3. The van der Waals surface area contributed by atoms with E-state index >= 15 is 0 Å². The summed E-state index contributed by atoms with van der Waals surface area (Å²) in [6.45, 7) is 2.04. The minimum absolute atomic E-state index is 0.873. The lowest BCUT2D eigenvalue weighted by Gasteiger charge is -2.07. The van der Waals surface area contributed by atoms with E-state index < -0.39 is 0 Å². The Morgan fingerprint density at radius 3 is 3.00 bits per heavy atom. The van der Waals surface area contributed by atoms with Gasteiger partial charge in [-0.1, -0.05) is 12.8 Å². The summed E-state index contributed by atoms with van der Waals surface area (Å²) in [6, 6.07) is 0. The molecule has 14 heavy (non-hydrogen) atoms. The van der Waals surface area contributed by atoms with E-state index in [2.05, 4.69) is 21.3 Å². The van der Waals surface area contributed by atoms with E-state index in [9.17, 15) is 0 Å². The van der Waals surface area contributed by atoms with Crippen molar-refractivity contribution in [2.24, 2.45) is 5.92 Å². The quantitative estimate of drug-likeness (QED) is 0.790. The summed E-state index contributed by atoms with van der Waals surface area (Å²) in [5, 5.41) is 7.51. The molecule has 1 aromatic heterocycles. The molecule has 0 bridgehead atoms. The van der Waals surface area contributed by atoms with Crippen molar-refractivity contribution in [3.05, 3.63) is 18.0 Å². The van der Waals surface area contributed by atoms with Crippen LogP contribution < -0.4 is 5.32 Å². The van der Waals surface area contributed by atoms with Crippen LogP contribution in [-0.2, 0) is 13.1 Å². The van der Waals surface area contributed by atoms with E-state index in [1.807, 2.05) is 13.2 Å². The van der Waals surface area contributed by atoms with Gasteiger partial charge >= 0.3 is 0 Å². The maximum absolute atomic E-state index is 4.37. The van der Waals surface area contributed by atoms with Crippen molar-refractivity contribution in [1.29, 1.82) is 0 Å². The van der Waals surface area contributed by atoms with E-state index in [-0.39, 0.29) is 0 Å². The van der Waals surface area contributed by atoms with Gasteiger partial charge in [0.1, 0.15) is 0 Å². The van der Waals surface area contributed by atoms with Crippen molar-refractivity contribution in [3.63, 3.8) is 0 Å². The molecule has 78 valence electrons. The number of nitrogens with one attached hydrogen (secondary N) is 1. The van der Waals surface area contributed by atoms with Gasteiger partial charge in [-0.2, -0.15) is 5.10 Å². The molecule has 2 rings (SSSR count). The molecule has 1 aromatic rings. The lowest BCUT2D eigenvalue weighted by molar-refractivity contribution is 0.429. The maximum Gasteiger partial charge on any atom is 0.0534 e. The molecule has 0 aromatic carbocycles. The van der Waals surface area contributed by atoms with E-state index in [4.69, 9.17) is 0 Å². The lowest BCUT2D eigenvalue weighted by atomic mass is 10.1. The molecule has 1 aliphatic rings. The van der Waals surface area contributed by atoms with Crippen LogP contribution in [0, 0.1) is 5.92 Å². The van der Waals surface area contributed by atoms with Crippen molar-refractivity contribution in [3.8, 4) is 0 Å². The summed E-state index contributed by atoms with van der Waals surface area (Å²) in [6.07, 6.45) is 9.73. The van der Waals surface area contributed by atoms with Crippen molar-refractivity contribution < 1.29 is 0 Å². The molecule has 0 saturated heterocycles. The summed E-state index contributed by atoms with van der Waals surface area (Å²) in [7, 11) is 1.97. The third-order valence-corrected chi connectivity index (χ3v) is 2.99. The normalized spacial score (nSPS) is 17.8. The topological polar surface area (TPSA) is 29.9 Å². The van der Waals surface area contributed by atoms with E-state index in [0.29, 0.717) is 0 Å². The van der Waals surface area contributed by atoms with Gasteiger partial charge < -0.3 is 5.32 Å². The summed E-state index contributed by atoms with van der Waals surface area (Å²) < 4.78 is 2.10. The number of hydrogen-bond donors (Lipinski definition) is 1. The fourth-order valence-electron chi connectivity index (χ4n) is 2.26. The second-order valence-corrected chi connectivity index (χ2v) is 4.25. The molecule has 0 unspecified atom stereocenters. The molecule has 1 aliphatic carbocycles. The van der Waals surface area contributed by atoms with Crippen LogP contribution in [0.15, 0.2) is 12.4 Å². The monoisotopic (exact) mass is 193 g/mol. The average molecular weight is 193 g/mol. The molecule has 3 nitrogen and oxygen atoms in total. The predicted molar refractivity (Wildman–Crippen MR) is 56.9 cm³/mol. The first kappa shape index (κ1) is 9.71. The zero-order valence-corrected chi connectivity index (χ0v) is 8.87. The highest BCUT2D eigenvalue weighted by atomic mass is 15.3. The fraction of sp³-hybridized carbons (Fsp3) is 0.727. The van der Waals surface area contributed by atoms with Crippen LogP contribution >= 0.6 is 0 Å². The third kappa shape index (κ3) is 2.35. The molecule has 0 aliphatic heterocycles. The summed E-state index contributed by atoms with van der Waals surface area (Å²) in [4.78, 5) is 0. The molecule has 0 radical (unpaired) electrons. The number of aromatic nitrogens is 2. The highest BCUT2D eigenvalue weighted by molar-refractivity contribution is 5.03. The fourth-order valence-corrected chi connectivity index (χ4v) is 2.26. The van der Waals surface area contributed by atoms with E-state index in [1.54, 1.807) is 0 Å². The highest BCUT2D eigenvalue weighted by Gasteiger charge is 2.15. The van der Waals surface area contributed by atoms with Gasteiger partial charge in [-0.05, 0) is 25.8 Å². The second kappa shape index (κ2) is 4.60. The summed E-state index contributed by atoms with van der Waals surface area (Å²) in [5.74, 6) is 0.873. The van der Waals surface area contributed by atoms with Gasteiger partial charge in [0.2, 0.25) is 0 Å².